The summed E-state index contributed by atoms with van der Waals surface area (Å²) in [5.41, 5.74) is 0.594. The second kappa shape index (κ2) is 7.37. The van der Waals surface area contributed by atoms with E-state index in [-0.39, 0.29) is 17.7 Å². The van der Waals surface area contributed by atoms with Gasteiger partial charge in [-0.25, -0.2) is 0 Å². The molecule has 2 heterocycles. The van der Waals surface area contributed by atoms with E-state index in [4.69, 9.17) is 16.0 Å². The Morgan fingerprint density at radius 3 is 2.38 bits per heavy atom. The predicted octanol–water partition coefficient (Wildman–Crippen LogP) is 1.90. The Hall–Kier alpha value is -2.54. The first kappa shape index (κ1) is 18.3. The van der Waals surface area contributed by atoms with Gasteiger partial charge in [0.1, 0.15) is 5.58 Å². The fraction of sp³-hybridized carbons (Fsp3) is 0.389. The van der Waals surface area contributed by atoms with Crippen LogP contribution in [-0.2, 0) is 9.59 Å². The summed E-state index contributed by atoms with van der Waals surface area (Å²) in [6.07, 6.45) is 0. The quantitative estimate of drug-likeness (QED) is 0.810. The average molecular weight is 378 g/mol. The molecule has 3 rings (SSSR count). The van der Waals surface area contributed by atoms with Gasteiger partial charge >= 0.3 is 11.8 Å². The molecule has 0 bridgehead atoms. The number of hydrogen-bond acceptors (Lipinski definition) is 4. The lowest BCUT2D eigenvalue weighted by Gasteiger charge is -2.34. The zero-order valence-corrected chi connectivity index (χ0v) is 15.4. The number of nitrogens with zero attached hydrogens (tertiary/aromatic N) is 2. The third-order valence-electron chi connectivity index (χ3n) is 4.16. The number of hydrogen-bond donors (Lipinski definition) is 1. The normalized spacial score (nSPS) is 14.8. The third-order valence-corrected chi connectivity index (χ3v) is 4.39. The van der Waals surface area contributed by atoms with E-state index < -0.39 is 11.8 Å². The molecule has 1 aromatic heterocycles. The number of benzene rings is 1. The Kier molecular flexibility index (Phi) is 5.18. The maximum Gasteiger partial charge on any atom is 0.312 e. The molecule has 1 N–H and O–H groups in total. The van der Waals surface area contributed by atoms with E-state index in [9.17, 15) is 14.4 Å². The summed E-state index contributed by atoms with van der Waals surface area (Å²) < 4.78 is 5.60. The van der Waals surface area contributed by atoms with Gasteiger partial charge in [-0.15, -0.1) is 0 Å². The molecule has 0 saturated carbocycles. The fourth-order valence-electron chi connectivity index (χ4n) is 2.86. The number of amides is 3. The van der Waals surface area contributed by atoms with Gasteiger partial charge in [0.05, 0.1) is 0 Å². The van der Waals surface area contributed by atoms with Crippen LogP contribution < -0.4 is 5.32 Å². The van der Waals surface area contributed by atoms with Crippen LogP contribution in [0.5, 0.6) is 0 Å². The minimum Gasteiger partial charge on any atom is -0.451 e. The van der Waals surface area contributed by atoms with Crippen LogP contribution in [0.15, 0.2) is 28.7 Å². The maximum atomic E-state index is 12.6. The minimum atomic E-state index is -0.617. The minimum absolute atomic E-state index is 0.101. The zero-order valence-electron chi connectivity index (χ0n) is 14.6. The summed E-state index contributed by atoms with van der Waals surface area (Å²) in [5.74, 6) is -1.19. The molecular formula is C18H20ClN3O4. The van der Waals surface area contributed by atoms with E-state index in [1.54, 1.807) is 43.0 Å². The molecule has 0 unspecified atom stereocenters. The van der Waals surface area contributed by atoms with Gasteiger partial charge in [0.2, 0.25) is 0 Å². The van der Waals surface area contributed by atoms with E-state index in [1.807, 2.05) is 0 Å². The Labute approximate surface area is 155 Å². The standard InChI is InChI=1S/C18H20ClN3O4/c1-11(2)20-16(23)18(25)22-7-5-21(6-8-22)17(24)15-10-12-9-13(19)3-4-14(12)26-15/h3-4,9-11H,5-8H2,1-2H3,(H,20,23). The van der Waals surface area contributed by atoms with Crippen molar-refractivity contribution in [1.29, 1.82) is 0 Å². The van der Waals surface area contributed by atoms with Crippen LogP contribution >= 0.6 is 11.6 Å². The van der Waals surface area contributed by atoms with Gasteiger partial charge in [-0.1, -0.05) is 11.6 Å². The van der Waals surface area contributed by atoms with Crippen molar-refractivity contribution >= 4 is 40.3 Å². The fourth-order valence-corrected chi connectivity index (χ4v) is 3.04. The van der Waals surface area contributed by atoms with Crippen molar-refractivity contribution in [2.75, 3.05) is 26.2 Å². The Morgan fingerprint density at radius 1 is 1.08 bits per heavy atom. The van der Waals surface area contributed by atoms with E-state index in [1.165, 1.54) is 4.90 Å². The van der Waals surface area contributed by atoms with Crippen molar-refractivity contribution in [2.45, 2.75) is 19.9 Å². The number of fused-ring (bicyclic) bond motifs is 1. The van der Waals surface area contributed by atoms with Gasteiger partial charge in [-0.2, -0.15) is 0 Å². The molecule has 3 amide bonds. The lowest BCUT2D eigenvalue weighted by atomic mass is 10.2. The first-order valence-corrected chi connectivity index (χ1v) is 8.81. The maximum absolute atomic E-state index is 12.6. The summed E-state index contributed by atoms with van der Waals surface area (Å²) in [6, 6.07) is 6.72. The van der Waals surface area contributed by atoms with Gasteiger partial charge in [0.15, 0.2) is 5.76 Å². The first-order chi connectivity index (χ1) is 12.3. The molecule has 1 fully saturated rings. The van der Waals surface area contributed by atoms with Crippen molar-refractivity contribution < 1.29 is 18.8 Å². The lowest BCUT2D eigenvalue weighted by Crippen LogP contribution is -2.54. The molecule has 1 aliphatic heterocycles. The van der Waals surface area contributed by atoms with Gasteiger partial charge in [0.25, 0.3) is 5.91 Å². The number of rotatable bonds is 2. The van der Waals surface area contributed by atoms with Crippen LogP contribution in [0, 0.1) is 0 Å². The average Bonchev–Trinajstić information content (AvgIpc) is 3.03. The summed E-state index contributed by atoms with van der Waals surface area (Å²) in [6.45, 7) is 4.89. The Morgan fingerprint density at radius 2 is 1.73 bits per heavy atom. The summed E-state index contributed by atoms with van der Waals surface area (Å²) >= 11 is 5.95. The number of nitrogens with one attached hydrogen (secondary N) is 1. The van der Waals surface area contributed by atoms with Crippen molar-refractivity contribution in [3.63, 3.8) is 0 Å². The molecule has 0 spiro atoms. The van der Waals surface area contributed by atoms with Crippen LogP contribution in [0.3, 0.4) is 0 Å². The van der Waals surface area contributed by atoms with Crippen molar-refractivity contribution in [3.8, 4) is 0 Å². The van der Waals surface area contributed by atoms with Crippen molar-refractivity contribution in [1.82, 2.24) is 15.1 Å². The number of furan rings is 1. The largest absolute Gasteiger partial charge is 0.451 e. The summed E-state index contributed by atoms with van der Waals surface area (Å²) in [4.78, 5) is 39.6. The molecule has 2 aromatic rings. The summed E-state index contributed by atoms with van der Waals surface area (Å²) in [5, 5.41) is 3.92. The smallest absolute Gasteiger partial charge is 0.312 e. The number of carbonyl (C=O) groups excluding carboxylic acids is 3. The SMILES string of the molecule is CC(C)NC(=O)C(=O)N1CCN(C(=O)c2cc3cc(Cl)ccc3o2)CC1. The van der Waals surface area contributed by atoms with E-state index >= 15 is 0 Å². The molecular weight excluding hydrogens is 358 g/mol. The van der Waals surface area contributed by atoms with Crippen LogP contribution in [0.4, 0.5) is 0 Å². The molecule has 0 radical (unpaired) electrons. The van der Waals surface area contributed by atoms with E-state index in [2.05, 4.69) is 5.32 Å². The molecule has 0 atom stereocenters. The highest BCUT2D eigenvalue weighted by Gasteiger charge is 2.29. The highest BCUT2D eigenvalue weighted by Crippen LogP contribution is 2.24. The van der Waals surface area contributed by atoms with Crippen LogP contribution in [0.1, 0.15) is 24.4 Å². The molecule has 1 saturated heterocycles. The van der Waals surface area contributed by atoms with Gasteiger partial charge < -0.3 is 19.5 Å². The molecule has 26 heavy (non-hydrogen) atoms. The van der Waals surface area contributed by atoms with E-state index in [0.29, 0.717) is 36.8 Å². The van der Waals surface area contributed by atoms with Crippen LogP contribution in [0.2, 0.25) is 5.02 Å². The first-order valence-electron chi connectivity index (χ1n) is 8.43. The molecule has 1 aliphatic rings. The van der Waals surface area contributed by atoms with E-state index in [0.717, 1.165) is 5.39 Å². The molecule has 138 valence electrons. The van der Waals surface area contributed by atoms with Crippen molar-refractivity contribution in [3.05, 3.63) is 35.0 Å². The van der Waals surface area contributed by atoms with Crippen LogP contribution in [-0.4, -0.2) is 59.7 Å². The van der Waals surface area contributed by atoms with Crippen molar-refractivity contribution in [2.24, 2.45) is 0 Å². The Balaban J connectivity index is 1.62. The molecule has 0 aliphatic carbocycles. The highest BCUT2D eigenvalue weighted by atomic mass is 35.5. The second-order valence-corrected chi connectivity index (χ2v) is 6.94. The molecule has 8 heteroatoms. The molecule has 1 aromatic carbocycles. The zero-order chi connectivity index (χ0) is 18.8. The third kappa shape index (κ3) is 3.83. The van der Waals surface area contributed by atoms with Gasteiger partial charge in [-0.05, 0) is 38.1 Å². The monoisotopic (exact) mass is 377 g/mol. The summed E-state index contributed by atoms with van der Waals surface area (Å²) in [7, 11) is 0. The Bertz CT molecular complexity index is 853. The highest BCUT2D eigenvalue weighted by molar-refractivity contribution is 6.35. The topological polar surface area (TPSA) is 82.9 Å². The predicted molar refractivity (Wildman–Crippen MR) is 97.0 cm³/mol. The number of piperazine rings is 1. The lowest BCUT2D eigenvalue weighted by molar-refractivity contribution is -0.147. The van der Waals surface area contributed by atoms with Gasteiger partial charge in [-0.3, -0.25) is 14.4 Å². The second-order valence-electron chi connectivity index (χ2n) is 6.51. The number of halogens is 1. The number of carbonyl (C=O) groups is 3. The van der Waals surface area contributed by atoms with Crippen LogP contribution in [0.25, 0.3) is 11.0 Å². The van der Waals surface area contributed by atoms with Gasteiger partial charge in [0, 0.05) is 42.6 Å². The molecule has 7 nitrogen and oxygen atoms in total.